The molecule has 0 aromatic heterocycles. The average Bonchev–Trinajstić information content (AvgIpc) is 2.86. The molecular formula is C29H32Cl2N2O2S. The van der Waals surface area contributed by atoms with Gasteiger partial charge in [-0.15, -0.1) is 11.8 Å². The van der Waals surface area contributed by atoms with Crippen LogP contribution >= 0.6 is 35.0 Å². The highest BCUT2D eigenvalue weighted by Gasteiger charge is 2.31. The van der Waals surface area contributed by atoms with Gasteiger partial charge in [0.25, 0.3) is 0 Å². The van der Waals surface area contributed by atoms with Crippen molar-refractivity contribution in [2.24, 2.45) is 5.92 Å². The quantitative estimate of drug-likeness (QED) is 0.271. The van der Waals surface area contributed by atoms with E-state index in [1.807, 2.05) is 81.4 Å². The van der Waals surface area contributed by atoms with Crippen molar-refractivity contribution in [3.8, 4) is 0 Å². The Labute approximate surface area is 228 Å². The van der Waals surface area contributed by atoms with E-state index in [-0.39, 0.29) is 24.1 Å². The van der Waals surface area contributed by atoms with Gasteiger partial charge in [-0.25, -0.2) is 0 Å². The van der Waals surface area contributed by atoms with Crippen molar-refractivity contribution in [1.29, 1.82) is 0 Å². The van der Waals surface area contributed by atoms with Gasteiger partial charge in [-0.1, -0.05) is 91.1 Å². The van der Waals surface area contributed by atoms with Gasteiger partial charge >= 0.3 is 0 Å². The van der Waals surface area contributed by atoms with Crippen molar-refractivity contribution in [2.75, 3.05) is 12.3 Å². The second kappa shape index (κ2) is 13.7. The molecule has 2 amide bonds. The summed E-state index contributed by atoms with van der Waals surface area (Å²) < 4.78 is 0. The van der Waals surface area contributed by atoms with Crippen molar-refractivity contribution < 1.29 is 9.59 Å². The Morgan fingerprint density at radius 3 is 2.31 bits per heavy atom. The Balaban J connectivity index is 1.92. The smallest absolute Gasteiger partial charge is 0.243 e. The highest BCUT2D eigenvalue weighted by Crippen LogP contribution is 2.26. The molecule has 0 heterocycles. The summed E-state index contributed by atoms with van der Waals surface area (Å²) >= 11 is 14.0. The van der Waals surface area contributed by atoms with Crippen LogP contribution in [0, 0.1) is 12.8 Å². The summed E-state index contributed by atoms with van der Waals surface area (Å²) in [5, 5.41) is 4.02. The van der Waals surface area contributed by atoms with E-state index < -0.39 is 6.04 Å². The van der Waals surface area contributed by atoms with Crippen LogP contribution in [0.4, 0.5) is 0 Å². The van der Waals surface area contributed by atoms with E-state index in [4.69, 9.17) is 23.2 Å². The number of hydrogen-bond donors (Lipinski definition) is 1. The summed E-state index contributed by atoms with van der Waals surface area (Å²) in [6.07, 6.45) is 0.400. The number of rotatable bonds is 11. The standard InChI is InChI=1S/C29H32Cl2N2O2S/c1-20(2)17-32-29(35)27(15-22-7-5-4-6-8-22)33(18-23-11-12-24(30)16-26(23)31)28(34)19-36-25-13-9-21(3)10-14-25/h4-14,16,20,27H,15,17-19H2,1-3H3,(H,32,35). The van der Waals surface area contributed by atoms with E-state index in [9.17, 15) is 9.59 Å². The van der Waals surface area contributed by atoms with Crippen molar-refractivity contribution in [1.82, 2.24) is 10.2 Å². The fourth-order valence-corrected chi connectivity index (χ4v) is 4.93. The molecule has 1 N–H and O–H groups in total. The number of hydrogen-bond acceptors (Lipinski definition) is 3. The third-order valence-corrected chi connectivity index (χ3v) is 7.28. The summed E-state index contributed by atoms with van der Waals surface area (Å²) in [5.74, 6) is 0.189. The van der Waals surface area contributed by atoms with Gasteiger partial charge < -0.3 is 10.2 Å². The van der Waals surface area contributed by atoms with E-state index in [2.05, 4.69) is 5.32 Å². The van der Waals surface area contributed by atoms with Crippen LogP contribution in [0.5, 0.6) is 0 Å². The lowest BCUT2D eigenvalue weighted by atomic mass is 10.0. The first kappa shape index (κ1) is 28.1. The molecule has 7 heteroatoms. The molecular weight excluding hydrogens is 511 g/mol. The minimum absolute atomic E-state index is 0.132. The highest BCUT2D eigenvalue weighted by atomic mass is 35.5. The summed E-state index contributed by atoms with van der Waals surface area (Å²) in [7, 11) is 0. The van der Waals surface area contributed by atoms with Gasteiger partial charge in [-0.2, -0.15) is 0 Å². The first-order chi connectivity index (χ1) is 17.2. The molecule has 0 saturated carbocycles. The Hall–Kier alpha value is -2.47. The molecule has 1 atom stereocenters. The van der Waals surface area contributed by atoms with Crippen molar-refractivity contribution in [3.63, 3.8) is 0 Å². The molecule has 190 valence electrons. The molecule has 3 rings (SSSR count). The number of nitrogens with zero attached hydrogens (tertiary/aromatic N) is 1. The molecule has 0 fully saturated rings. The normalized spacial score (nSPS) is 11.8. The summed E-state index contributed by atoms with van der Waals surface area (Å²) in [4.78, 5) is 29.8. The van der Waals surface area contributed by atoms with Crippen LogP contribution in [0.2, 0.25) is 10.0 Å². The Morgan fingerprint density at radius 1 is 0.972 bits per heavy atom. The fourth-order valence-electron chi connectivity index (χ4n) is 3.67. The highest BCUT2D eigenvalue weighted by molar-refractivity contribution is 8.00. The summed E-state index contributed by atoms with van der Waals surface area (Å²) in [6, 6.07) is 22.3. The molecule has 0 aliphatic rings. The van der Waals surface area contributed by atoms with Crippen LogP contribution in [0.25, 0.3) is 0 Å². The number of amides is 2. The van der Waals surface area contributed by atoms with Gasteiger partial charge in [0.1, 0.15) is 6.04 Å². The van der Waals surface area contributed by atoms with Crippen LogP contribution in [-0.2, 0) is 22.6 Å². The van der Waals surface area contributed by atoms with Crippen LogP contribution in [-0.4, -0.2) is 35.1 Å². The lowest BCUT2D eigenvalue weighted by Crippen LogP contribution is -2.51. The second-order valence-electron chi connectivity index (χ2n) is 9.20. The second-order valence-corrected chi connectivity index (χ2v) is 11.1. The average molecular weight is 544 g/mol. The van der Waals surface area contributed by atoms with Crippen LogP contribution < -0.4 is 5.32 Å². The minimum Gasteiger partial charge on any atom is -0.354 e. The number of benzene rings is 3. The predicted molar refractivity (Wildman–Crippen MR) is 151 cm³/mol. The zero-order valence-corrected chi connectivity index (χ0v) is 23.2. The van der Waals surface area contributed by atoms with E-state index in [1.54, 1.807) is 17.0 Å². The van der Waals surface area contributed by atoms with Crippen molar-refractivity contribution in [2.45, 2.75) is 44.7 Å². The van der Waals surface area contributed by atoms with E-state index in [0.717, 1.165) is 21.6 Å². The number of nitrogens with one attached hydrogen (secondary N) is 1. The van der Waals surface area contributed by atoms with E-state index in [0.29, 0.717) is 28.9 Å². The summed E-state index contributed by atoms with van der Waals surface area (Å²) in [5.41, 5.74) is 2.88. The molecule has 36 heavy (non-hydrogen) atoms. The predicted octanol–water partition coefficient (Wildman–Crippen LogP) is 6.81. The zero-order chi connectivity index (χ0) is 26.1. The zero-order valence-electron chi connectivity index (χ0n) is 20.8. The molecule has 4 nitrogen and oxygen atoms in total. The van der Waals surface area contributed by atoms with E-state index >= 15 is 0 Å². The molecule has 0 radical (unpaired) electrons. The monoisotopic (exact) mass is 542 g/mol. The largest absolute Gasteiger partial charge is 0.354 e. The maximum absolute atomic E-state index is 13.7. The lowest BCUT2D eigenvalue weighted by Gasteiger charge is -2.32. The molecule has 0 saturated heterocycles. The number of carbonyl (C=O) groups is 2. The minimum atomic E-state index is -0.691. The van der Waals surface area contributed by atoms with Crippen LogP contribution in [0.3, 0.4) is 0 Å². The Kier molecular flexibility index (Phi) is 10.7. The number of halogens is 2. The molecule has 3 aromatic carbocycles. The Morgan fingerprint density at radius 2 is 1.67 bits per heavy atom. The number of thioether (sulfide) groups is 1. The topological polar surface area (TPSA) is 49.4 Å². The van der Waals surface area contributed by atoms with Crippen LogP contribution in [0.15, 0.2) is 77.7 Å². The SMILES string of the molecule is Cc1ccc(SCC(=O)N(Cc2ccc(Cl)cc2Cl)C(Cc2ccccc2)C(=O)NCC(C)C)cc1. The first-order valence-electron chi connectivity index (χ1n) is 12.0. The molecule has 0 spiro atoms. The first-order valence-corrected chi connectivity index (χ1v) is 13.7. The number of aryl methyl sites for hydroxylation is 1. The third-order valence-electron chi connectivity index (χ3n) is 5.69. The molecule has 0 aliphatic heterocycles. The molecule has 3 aromatic rings. The lowest BCUT2D eigenvalue weighted by molar-refractivity contribution is -0.139. The van der Waals surface area contributed by atoms with Crippen molar-refractivity contribution >= 4 is 46.8 Å². The molecule has 0 bridgehead atoms. The van der Waals surface area contributed by atoms with Gasteiger partial charge in [0.15, 0.2) is 0 Å². The van der Waals surface area contributed by atoms with Gasteiger partial charge in [0.2, 0.25) is 11.8 Å². The third kappa shape index (κ3) is 8.58. The van der Waals surface area contributed by atoms with E-state index in [1.165, 1.54) is 11.8 Å². The van der Waals surface area contributed by atoms with Gasteiger partial charge in [0, 0.05) is 34.5 Å². The number of carbonyl (C=O) groups excluding carboxylic acids is 2. The van der Waals surface area contributed by atoms with Gasteiger partial charge in [-0.05, 0) is 48.2 Å². The fraction of sp³-hybridized carbons (Fsp3) is 0.310. The Bertz CT molecular complexity index is 1150. The molecule has 1 unspecified atom stereocenters. The van der Waals surface area contributed by atoms with Crippen LogP contribution in [0.1, 0.15) is 30.5 Å². The maximum Gasteiger partial charge on any atom is 0.243 e. The molecule has 0 aliphatic carbocycles. The summed E-state index contributed by atoms with van der Waals surface area (Å²) in [6.45, 7) is 6.85. The van der Waals surface area contributed by atoms with Gasteiger partial charge in [0.05, 0.1) is 5.75 Å². The van der Waals surface area contributed by atoms with Crippen molar-refractivity contribution in [3.05, 3.63) is 99.5 Å². The van der Waals surface area contributed by atoms with Gasteiger partial charge in [-0.3, -0.25) is 9.59 Å². The maximum atomic E-state index is 13.7.